The minimum atomic E-state index is -0.111. The molecule has 1 aromatic carbocycles. The molecule has 2 aliphatic rings. The van der Waals surface area contributed by atoms with Gasteiger partial charge in [-0.3, -0.25) is 14.6 Å². The van der Waals surface area contributed by atoms with Crippen molar-refractivity contribution in [3.8, 4) is 0 Å². The summed E-state index contributed by atoms with van der Waals surface area (Å²) in [5.74, 6) is 0.863. The Morgan fingerprint density at radius 2 is 1.93 bits per heavy atom. The van der Waals surface area contributed by atoms with Gasteiger partial charge in [-0.25, -0.2) is 0 Å². The van der Waals surface area contributed by atoms with Gasteiger partial charge in [-0.15, -0.1) is 24.0 Å². The first-order valence-corrected chi connectivity index (χ1v) is 10.6. The van der Waals surface area contributed by atoms with Crippen LogP contribution in [-0.2, 0) is 27.4 Å². The fourth-order valence-electron chi connectivity index (χ4n) is 3.99. The second-order valence-corrected chi connectivity index (χ2v) is 7.67. The van der Waals surface area contributed by atoms with E-state index in [0.717, 1.165) is 49.4 Å². The first-order chi connectivity index (χ1) is 14.1. The number of rotatable bonds is 6. The van der Waals surface area contributed by atoms with Crippen LogP contribution in [0.25, 0.3) is 0 Å². The molecule has 1 unspecified atom stereocenters. The van der Waals surface area contributed by atoms with Crippen LogP contribution in [0, 0.1) is 5.92 Å². The van der Waals surface area contributed by atoms with Crippen molar-refractivity contribution >= 4 is 41.8 Å². The summed E-state index contributed by atoms with van der Waals surface area (Å²) >= 11 is 0. The first kappa shape index (κ1) is 24.4. The normalized spacial score (nSPS) is 19.5. The molecule has 0 aromatic heterocycles. The minimum absolute atomic E-state index is 0. The van der Waals surface area contributed by atoms with E-state index in [1.54, 1.807) is 7.05 Å². The van der Waals surface area contributed by atoms with Crippen LogP contribution < -0.4 is 5.32 Å². The van der Waals surface area contributed by atoms with E-state index in [1.807, 2.05) is 11.8 Å². The molecule has 7 nitrogen and oxygen atoms in total. The number of nitrogens with zero attached hydrogens (tertiary/aromatic N) is 3. The third-order valence-corrected chi connectivity index (χ3v) is 5.57. The Bertz CT molecular complexity index is 738. The van der Waals surface area contributed by atoms with E-state index in [0.29, 0.717) is 32.7 Å². The fraction of sp³-hybridized carbons (Fsp3) is 0.591. The summed E-state index contributed by atoms with van der Waals surface area (Å²) in [5, 5.41) is 3.41. The number of carbonyl (C=O) groups excluding carboxylic acids is 2. The molecular weight excluding hydrogens is 495 g/mol. The van der Waals surface area contributed by atoms with E-state index in [1.165, 1.54) is 0 Å². The van der Waals surface area contributed by atoms with Gasteiger partial charge in [-0.1, -0.05) is 24.3 Å². The highest BCUT2D eigenvalue weighted by Gasteiger charge is 2.28. The second kappa shape index (κ2) is 12.1. The van der Waals surface area contributed by atoms with Crippen molar-refractivity contribution in [3.63, 3.8) is 0 Å². The highest BCUT2D eigenvalue weighted by molar-refractivity contribution is 14.0. The van der Waals surface area contributed by atoms with Crippen LogP contribution in [0.5, 0.6) is 0 Å². The fourth-order valence-corrected chi connectivity index (χ4v) is 3.99. The molecule has 1 amide bonds. The van der Waals surface area contributed by atoms with Crippen LogP contribution in [0.4, 0.5) is 0 Å². The summed E-state index contributed by atoms with van der Waals surface area (Å²) in [4.78, 5) is 32.3. The van der Waals surface area contributed by atoms with Gasteiger partial charge in [-0.05, 0) is 37.3 Å². The number of carbonyl (C=O) groups is 2. The summed E-state index contributed by atoms with van der Waals surface area (Å²) < 4.78 is 5.19. The van der Waals surface area contributed by atoms with Gasteiger partial charge in [0.25, 0.3) is 0 Å². The average Bonchev–Trinajstić information content (AvgIpc) is 3.14. The van der Waals surface area contributed by atoms with E-state index in [-0.39, 0.29) is 41.8 Å². The number of ether oxygens (including phenoxy) is 1. The van der Waals surface area contributed by atoms with Crippen molar-refractivity contribution in [2.75, 3.05) is 33.3 Å². The molecule has 0 bridgehead atoms. The maximum atomic E-state index is 12.1. The number of likely N-dealkylation sites (tertiary alicyclic amines) is 2. The van der Waals surface area contributed by atoms with Crippen LogP contribution in [-0.4, -0.2) is 60.9 Å². The zero-order valence-corrected chi connectivity index (χ0v) is 20.3. The van der Waals surface area contributed by atoms with Crippen molar-refractivity contribution in [2.24, 2.45) is 10.9 Å². The number of piperidine rings is 1. The molecule has 0 aliphatic carbocycles. The topological polar surface area (TPSA) is 74.2 Å². The second-order valence-electron chi connectivity index (χ2n) is 7.67. The maximum Gasteiger partial charge on any atom is 0.310 e. The maximum absolute atomic E-state index is 12.1. The van der Waals surface area contributed by atoms with Gasteiger partial charge in [0.2, 0.25) is 5.91 Å². The highest BCUT2D eigenvalue weighted by atomic mass is 127. The lowest BCUT2D eigenvalue weighted by atomic mass is 9.98. The van der Waals surface area contributed by atoms with E-state index in [4.69, 9.17) is 4.74 Å². The molecule has 0 radical (unpaired) electrons. The molecule has 0 spiro atoms. The summed E-state index contributed by atoms with van der Waals surface area (Å²) in [5.41, 5.74) is 2.31. The summed E-state index contributed by atoms with van der Waals surface area (Å²) in [6.07, 6.45) is 3.46. The highest BCUT2D eigenvalue weighted by Crippen LogP contribution is 2.18. The predicted molar refractivity (Wildman–Crippen MR) is 128 cm³/mol. The van der Waals surface area contributed by atoms with E-state index in [2.05, 4.69) is 39.5 Å². The number of hydrogen-bond donors (Lipinski definition) is 1. The smallest absolute Gasteiger partial charge is 0.310 e. The molecule has 30 heavy (non-hydrogen) atoms. The number of benzene rings is 1. The number of guanidine groups is 1. The number of halogens is 1. The number of esters is 1. The van der Waals surface area contributed by atoms with Gasteiger partial charge in [-0.2, -0.15) is 0 Å². The summed E-state index contributed by atoms with van der Waals surface area (Å²) in [7, 11) is 1.77. The number of aliphatic imine (C=N–C) groups is 1. The van der Waals surface area contributed by atoms with Gasteiger partial charge in [0.1, 0.15) is 0 Å². The molecule has 1 aromatic rings. The van der Waals surface area contributed by atoms with Crippen molar-refractivity contribution in [3.05, 3.63) is 35.4 Å². The Labute approximate surface area is 196 Å². The van der Waals surface area contributed by atoms with Crippen LogP contribution >= 0.6 is 24.0 Å². The first-order valence-electron chi connectivity index (χ1n) is 10.6. The van der Waals surface area contributed by atoms with Gasteiger partial charge in [0.15, 0.2) is 5.96 Å². The van der Waals surface area contributed by atoms with Gasteiger partial charge < -0.3 is 19.9 Å². The summed E-state index contributed by atoms with van der Waals surface area (Å²) in [6.45, 7) is 6.01. The lowest BCUT2D eigenvalue weighted by Crippen LogP contribution is -2.48. The average molecular weight is 528 g/mol. The molecule has 2 aliphatic heterocycles. The van der Waals surface area contributed by atoms with Crippen LogP contribution in [0.1, 0.15) is 43.7 Å². The monoisotopic (exact) mass is 528 g/mol. The van der Waals surface area contributed by atoms with Crippen molar-refractivity contribution in [2.45, 2.75) is 45.7 Å². The Balaban J connectivity index is 0.00000320. The Kier molecular flexibility index (Phi) is 9.87. The third kappa shape index (κ3) is 6.58. The predicted octanol–water partition coefficient (Wildman–Crippen LogP) is 2.78. The quantitative estimate of drug-likeness (QED) is 0.266. The molecule has 1 atom stereocenters. The molecule has 2 saturated heterocycles. The number of amides is 1. The largest absolute Gasteiger partial charge is 0.466 e. The zero-order chi connectivity index (χ0) is 20.6. The molecule has 2 fully saturated rings. The Hall–Kier alpha value is -1.84. The molecule has 8 heteroatoms. The lowest BCUT2D eigenvalue weighted by Gasteiger charge is -2.34. The molecule has 1 N–H and O–H groups in total. The Morgan fingerprint density at radius 1 is 1.20 bits per heavy atom. The number of hydrogen-bond acceptors (Lipinski definition) is 4. The molecule has 2 heterocycles. The Morgan fingerprint density at radius 3 is 2.57 bits per heavy atom. The van der Waals surface area contributed by atoms with Crippen LogP contribution in [0.2, 0.25) is 0 Å². The van der Waals surface area contributed by atoms with E-state index >= 15 is 0 Å². The zero-order valence-electron chi connectivity index (χ0n) is 17.9. The standard InChI is InChI=1S/C22H32N4O3.HI/c1-3-29-21(28)19-6-4-13-26(16-19)22(23-2)24-14-17-8-10-18(11-9-17)15-25-12-5-7-20(25)27;/h8-11,19H,3-7,12-16H2,1-2H3,(H,23,24);1H. The van der Waals surface area contributed by atoms with Crippen molar-refractivity contribution in [1.29, 1.82) is 0 Å². The minimum Gasteiger partial charge on any atom is -0.466 e. The van der Waals surface area contributed by atoms with Crippen LogP contribution in [0.3, 0.4) is 0 Å². The molecule has 166 valence electrons. The number of nitrogens with one attached hydrogen (secondary N) is 1. The summed E-state index contributed by atoms with van der Waals surface area (Å²) in [6, 6.07) is 8.35. The van der Waals surface area contributed by atoms with Gasteiger partial charge in [0.05, 0.1) is 12.5 Å². The lowest BCUT2D eigenvalue weighted by molar-refractivity contribution is -0.149. The molecule has 0 saturated carbocycles. The molecule has 3 rings (SSSR count). The third-order valence-electron chi connectivity index (χ3n) is 5.57. The van der Waals surface area contributed by atoms with Crippen molar-refractivity contribution < 1.29 is 14.3 Å². The van der Waals surface area contributed by atoms with Gasteiger partial charge >= 0.3 is 5.97 Å². The van der Waals surface area contributed by atoms with Gasteiger partial charge in [0, 0.05) is 46.2 Å². The van der Waals surface area contributed by atoms with E-state index in [9.17, 15) is 9.59 Å². The van der Waals surface area contributed by atoms with E-state index < -0.39 is 0 Å². The van der Waals surface area contributed by atoms with Crippen LogP contribution in [0.15, 0.2) is 29.3 Å². The SMILES string of the molecule is CCOC(=O)C1CCCN(C(=NC)NCc2ccc(CN3CCCC3=O)cc2)C1.I. The molecular formula is C22H33IN4O3. The van der Waals surface area contributed by atoms with Crippen molar-refractivity contribution in [1.82, 2.24) is 15.1 Å².